The minimum absolute atomic E-state index is 0.124. The molecule has 1 aromatic heterocycles. The number of anilines is 1. The van der Waals surface area contributed by atoms with E-state index in [1.54, 1.807) is 33.9 Å². The van der Waals surface area contributed by atoms with Crippen molar-refractivity contribution in [3.63, 3.8) is 0 Å². The fourth-order valence-corrected chi connectivity index (χ4v) is 5.35. The number of ether oxygens (including phenoxy) is 4. The third-order valence-corrected chi connectivity index (χ3v) is 7.26. The third kappa shape index (κ3) is 6.96. The molecule has 0 saturated carbocycles. The number of fused-ring (bicyclic) bond motifs is 1. The summed E-state index contributed by atoms with van der Waals surface area (Å²) in [6, 6.07) is 5.78. The van der Waals surface area contributed by atoms with Gasteiger partial charge < -0.3 is 48.7 Å². The van der Waals surface area contributed by atoms with E-state index >= 15 is 0 Å². The number of nitrogens with one attached hydrogen (secondary N) is 1. The van der Waals surface area contributed by atoms with Crippen molar-refractivity contribution >= 4 is 31.4 Å². The SMILES string of the molecule is CO[C@@H]1C(OC(=O)OC(c2ccccc2[N+](=O)[O-])C(C)(C)C)[C@H]([n+]2cn(C)c3c2NC(N)=NC3[O-])O[C@@H]1COP(=O)([O-])[O-]. The molecule has 0 spiro atoms. The Hall–Kier alpha value is -3.64. The number of para-hydroxylation sites is 1. The molecule has 236 valence electrons. The fraction of sp³-hybridized carbons (Fsp3) is 0.542. The molecular formula is C24H31N6O12P-2. The maximum atomic E-state index is 13.4. The van der Waals surface area contributed by atoms with Gasteiger partial charge in [0, 0.05) is 24.8 Å². The molecule has 43 heavy (non-hydrogen) atoms. The lowest BCUT2D eigenvalue weighted by Gasteiger charge is -2.31. The van der Waals surface area contributed by atoms with Gasteiger partial charge in [0.25, 0.3) is 17.5 Å². The first kappa shape index (κ1) is 32.3. The van der Waals surface area contributed by atoms with E-state index in [9.17, 15) is 34.4 Å². The van der Waals surface area contributed by atoms with Gasteiger partial charge in [-0.25, -0.2) is 19.7 Å². The van der Waals surface area contributed by atoms with E-state index in [4.69, 9.17) is 24.7 Å². The van der Waals surface area contributed by atoms with Gasteiger partial charge >= 0.3 is 6.16 Å². The number of benzene rings is 1. The molecule has 3 N–H and O–H groups in total. The second-order valence-electron chi connectivity index (χ2n) is 10.9. The van der Waals surface area contributed by atoms with Crippen LogP contribution in [-0.4, -0.2) is 53.6 Å². The van der Waals surface area contributed by atoms with Crippen molar-refractivity contribution in [2.24, 2.45) is 23.2 Å². The molecule has 2 aromatic rings. The Balaban J connectivity index is 1.70. The number of nitrogens with two attached hydrogens (primary N) is 1. The summed E-state index contributed by atoms with van der Waals surface area (Å²) in [5.74, 6) is -0.0502. The number of hydrogen-bond acceptors (Lipinski definition) is 15. The average Bonchev–Trinajstić information content (AvgIpc) is 3.41. The number of phosphoric acid groups is 1. The van der Waals surface area contributed by atoms with Gasteiger partial charge in [0.05, 0.1) is 32.0 Å². The van der Waals surface area contributed by atoms with Crippen LogP contribution >= 0.6 is 7.82 Å². The maximum absolute atomic E-state index is 13.4. The number of aromatic nitrogens is 2. The van der Waals surface area contributed by atoms with Gasteiger partial charge in [-0.05, 0) is 6.07 Å². The molecular weight excluding hydrogens is 595 g/mol. The lowest BCUT2D eigenvalue weighted by Crippen LogP contribution is -2.50. The first-order chi connectivity index (χ1) is 20.0. The van der Waals surface area contributed by atoms with Gasteiger partial charge in [0.2, 0.25) is 6.23 Å². The second-order valence-corrected chi connectivity index (χ2v) is 12.0. The number of guanidine groups is 1. The topological polar surface area (TPSA) is 252 Å². The summed E-state index contributed by atoms with van der Waals surface area (Å²) in [7, 11) is -2.65. The number of imidazole rings is 1. The summed E-state index contributed by atoms with van der Waals surface area (Å²) < 4.78 is 41.2. The average molecular weight is 627 g/mol. The van der Waals surface area contributed by atoms with Crippen LogP contribution in [0, 0.1) is 15.5 Å². The van der Waals surface area contributed by atoms with Crippen LogP contribution in [0.2, 0.25) is 0 Å². The maximum Gasteiger partial charge on any atom is 0.509 e. The van der Waals surface area contributed by atoms with Gasteiger partial charge in [0.1, 0.15) is 18.3 Å². The number of hydrogen-bond donors (Lipinski definition) is 2. The first-order valence-corrected chi connectivity index (χ1v) is 14.3. The summed E-state index contributed by atoms with van der Waals surface area (Å²) in [4.78, 5) is 50.6. The van der Waals surface area contributed by atoms with Crippen molar-refractivity contribution in [1.82, 2.24) is 4.57 Å². The molecule has 3 unspecified atom stereocenters. The molecule has 2 aliphatic rings. The van der Waals surface area contributed by atoms with Crippen molar-refractivity contribution in [3.05, 3.63) is 52.0 Å². The quantitative estimate of drug-likeness (QED) is 0.116. The van der Waals surface area contributed by atoms with E-state index in [2.05, 4.69) is 14.8 Å². The minimum atomic E-state index is -5.43. The monoisotopic (exact) mass is 626 g/mol. The number of carbonyl (C=O) groups excluding carboxylic acids is 1. The molecule has 18 nitrogen and oxygen atoms in total. The highest BCUT2D eigenvalue weighted by atomic mass is 31.2. The minimum Gasteiger partial charge on any atom is -0.829 e. The van der Waals surface area contributed by atoms with Crippen LogP contribution in [0.3, 0.4) is 0 Å². The van der Waals surface area contributed by atoms with Crippen LogP contribution in [0.1, 0.15) is 50.6 Å². The van der Waals surface area contributed by atoms with Crippen LogP contribution in [0.15, 0.2) is 35.6 Å². The van der Waals surface area contributed by atoms with Gasteiger partial charge in [-0.1, -0.05) is 32.9 Å². The predicted octanol–water partition coefficient (Wildman–Crippen LogP) is -0.613. The number of phosphoric ester groups is 1. The van der Waals surface area contributed by atoms with E-state index in [1.807, 2.05) is 0 Å². The summed E-state index contributed by atoms with van der Waals surface area (Å²) in [5, 5.41) is 27.1. The van der Waals surface area contributed by atoms with Crippen molar-refractivity contribution in [2.75, 3.05) is 19.0 Å². The number of carbonyl (C=O) groups is 1. The Kier molecular flexibility index (Phi) is 9.13. The Morgan fingerprint density at radius 3 is 2.58 bits per heavy atom. The number of nitrogens with zero attached hydrogens (tertiary/aromatic N) is 4. The Labute approximate surface area is 245 Å². The smallest absolute Gasteiger partial charge is 0.509 e. The number of nitro groups is 1. The van der Waals surface area contributed by atoms with Gasteiger partial charge in [0.15, 0.2) is 18.1 Å². The zero-order valence-electron chi connectivity index (χ0n) is 23.8. The zero-order chi connectivity index (χ0) is 31.9. The third-order valence-electron chi connectivity index (χ3n) is 6.79. The Morgan fingerprint density at radius 2 is 1.98 bits per heavy atom. The van der Waals surface area contributed by atoms with E-state index in [-0.39, 0.29) is 28.7 Å². The van der Waals surface area contributed by atoms with Crippen molar-refractivity contribution < 1.29 is 57.2 Å². The lowest BCUT2D eigenvalue weighted by atomic mass is 9.84. The van der Waals surface area contributed by atoms with Crippen LogP contribution in [0.5, 0.6) is 0 Å². The zero-order valence-corrected chi connectivity index (χ0v) is 24.7. The Morgan fingerprint density at radius 1 is 1.30 bits per heavy atom. The molecule has 0 aliphatic carbocycles. The lowest BCUT2D eigenvalue weighted by molar-refractivity contribution is -0.753. The van der Waals surface area contributed by atoms with Gasteiger partial charge in [-0.15, -0.1) is 0 Å². The molecule has 1 fully saturated rings. The first-order valence-electron chi connectivity index (χ1n) is 12.8. The summed E-state index contributed by atoms with van der Waals surface area (Å²) in [6.45, 7) is 4.34. The number of methoxy groups -OCH3 is 1. The molecule has 0 radical (unpaired) electrons. The van der Waals surface area contributed by atoms with Crippen LogP contribution in [0.25, 0.3) is 0 Å². The van der Waals surface area contributed by atoms with Crippen LogP contribution in [-0.2, 0) is 35.1 Å². The number of aryl methyl sites for hydroxylation is 1. The number of rotatable bonds is 9. The van der Waals surface area contributed by atoms with Gasteiger partial charge in [-0.2, -0.15) is 0 Å². The van der Waals surface area contributed by atoms with Crippen molar-refractivity contribution in [1.29, 1.82) is 0 Å². The number of nitro benzene ring substituents is 1. The Bertz CT molecular complexity index is 1450. The molecule has 3 heterocycles. The normalized spacial score (nSPS) is 24.5. The summed E-state index contributed by atoms with van der Waals surface area (Å²) >= 11 is 0. The molecule has 6 atom stereocenters. The molecule has 1 saturated heterocycles. The van der Waals surface area contributed by atoms with Gasteiger partial charge in [-0.3, -0.25) is 14.7 Å². The molecule has 19 heteroatoms. The summed E-state index contributed by atoms with van der Waals surface area (Å²) in [5.41, 5.74) is 4.94. The molecule has 1 aromatic carbocycles. The molecule has 0 bridgehead atoms. The molecule has 2 aliphatic heterocycles. The largest absolute Gasteiger partial charge is 0.829 e. The van der Waals surface area contributed by atoms with Crippen LogP contribution < -0.4 is 30.5 Å². The van der Waals surface area contributed by atoms with E-state index in [0.717, 1.165) is 0 Å². The van der Waals surface area contributed by atoms with Crippen molar-refractivity contribution in [2.45, 2.75) is 57.6 Å². The molecule has 4 rings (SSSR count). The number of aliphatic imine (C=N–C) groups is 1. The molecule has 0 amide bonds. The highest BCUT2D eigenvalue weighted by Gasteiger charge is 2.53. The summed E-state index contributed by atoms with van der Waals surface area (Å²) in [6.07, 6.45) is -7.77. The van der Waals surface area contributed by atoms with Crippen molar-refractivity contribution in [3.8, 4) is 0 Å². The van der Waals surface area contributed by atoms with E-state index in [0.29, 0.717) is 0 Å². The van der Waals surface area contributed by atoms with Crippen LogP contribution in [0.4, 0.5) is 16.3 Å². The highest BCUT2D eigenvalue weighted by molar-refractivity contribution is 7.43. The van der Waals surface area contributed by atoms with E-state index < -0.39 is 67.8 Å². The van der Waals surface area contributed by atoms with E-state index in [1.165, 1.54) is 40.8 Å². The predicted molar refractivity (Wildman–Crippen MR) is 139 cm³/mol. The highest BCUT2D eigenvalue weighted by Crippen LogP contribution is 2.41. The standard InChI is InChI=1S/C24H33N6O12P/c1-24(2,3)18(12-8-6-7-9-13(12)30(33)34)42-23(32)41-17-16(38-5)14(10-39-43(35,36)37)40-21(17)29-11-28(4)15-19(29)26-22(25)27-20(15)31/h6-9,11,14,16-18,20-21H,10H2,1-5H3,(H3,25,26,27)(H2,35,36,37)/p-2/t14-,16+,17?,18?,20?,21-/m1/s1. The second kappa shape index (κ2) is 12.2. The fourth-order valence-electron chi connectivity index (χ4n) is 5.02.